The third-order valence-corrected chi connectivity index (χ3v) is 5.78. The van der Waals surface area contributed by atoms with Crippen LogP contribution in [0.5, 0.6) is 0 Å². The number of carbonyl (C=O) groups excluding carboxylic acids is 3. The summed E-state index contributed by atoms with van der Waals surface area (Å²) in [7, 11) is 0. The fourth-order valence-electron chi connectivity index (χ4n) is 3.91. The maximum Gasteiger partial charge on any atom is 0.408 e. The molecule has 2 N–H and O–H groups in total. The largest absolute Gasteiger partial charge is 0.444 e. The van der Waals surface area contributed by atoms with Crippen molar-refractivity contribution in [3.63, 3.8) is 0 Å². The second-order valence-corrected chi connectivity index (χ2v) is 9.71. The molecule has 1 aliphatic carbocycles. The maximum absolute atomic E-state index is 13.6. The van der Waals surface area contributed by atoms with E-state index >= 15 is 0 Å². The standard InChI is InChI=1S/C27H35N3O4/c1-19(29-26(33)34-27(2,3)4)25(32)30(22-16-11-17-22)23(21-14-9-6-10-15-21)24(31)28-18-20-12-7-5-8-13-20/h5-10,12-15,19,22-23H,11,16-18H2,1-4H3,(H,28,31)(H,29,33). The highest BCUT2D eigenvalue weighted by Gasteiger charge is 2.40. The summed E-state index contributed by atoms with van der Waals surface area (Å²) in [6.07, 6.45) is 1.97. The molecule has 182 valence electrons. The van der Waals surface area contributed by atoms with Gasteiger partial charge in [0.05, 0.1) is 0 Å². The molecule has 7 heteroatoms. The molecular weight excluding hydrogens is 430 g/mol. The average molecular weight is 466 g/mol. The van der Waals surface area contributed by atoms with Crippen LogP contribution in [0.3, 0.4) is 0 Å². The maximum atomic E-state index is 13.6. The summed E-state index contributed by atoms with van der Waals surface area (Å²) in [4.78, 5) is 41.1. The van der Waals surface area contributed by atoms with E-state index in [2.05, 4.69) is 10.6 Å². The van der Waals surface area contributed by atoms with Gasteiger partial charge in [0.15, 0.2) is 0 Å². The molecule has 3 rings (SSSR count). The molecule has 3 amide bonds. The molecule has 0 spiro atoms. The summed E-state index contributed by atoms with van der Waals surface area (Å²) in [5, 5.41) is 5.64. The summed E-state index contributed by atoms with van der Waals surface area (Å²) in [5.74, 6) is -0.556. The molecule has 0 aliphatic heterocycles. The zero-order chi connectivity index (χ0) is 24.7. The molecule has 0 radical (unpaired) electrons. The first-order valence-corrected chi connectivity index (χ1v) is 11.8. The lowest BCUT2D eigenvalue weighted by Gasteiger charge is -2.43. The van der Waals surface area contributed by atoms with Gasteiger partial charge in [0.2, 0.25) is 11.8 Å². The van der Waals surface area contributed by atoms with E-state index in [0.717, 1.165) is 30.4 Å². The number of amides is 3. The van der Waals surface area contributed by atoms with Gasteiger partial charge in [-0.3, -0.25) is 9.59 Å². The van der Waals surface area contributed by atoms with Crippen LogP contribution in [-0.2, 0) is 20.9 Å². The van der Waals surface area contributed by atoms with Gasteiger partial charge in [-0.05, 0) is 58.1 Å². The van der Waals surface area contributed by atoms with Crippen molar-refractivity contribution in [2.24, 2.45) is 0 Å². The van der Waals surface area contributed by atoms with Crippen LogP contribution in [0, 0.1) is 0 Å². The smallest absolute Gasteiger partial charge is 0.408 e. The second kappa shape index (κ2) is 11.2. The molecule has 2 atom stereocenters. The van der Waals surface area contributed by atoms with Crippen LogP contribution in [0.1, 0.15) is 64.1 Å². The number of hydrogen-bond donors (Lipinski definition) is 2. The van der Waals surface area contributed by atoms with Gasteiger partial charge < -0.3 is 20.3 Å². The Morgan fingerprint density at radius 1 is 1.00 bits per heavy atom. The molecule has 7 nitrogen and oxygen atoms in total. The highest BCUT2D eigenvalue weighted by molar-refractivity contribution is 5.92. The number of hydrogen-bond acceptors (Lipinski definition) is 4. The second-order valence-electron chi connectivity index (χ2n) is 9.71. The average Bonchev–Trinajstić information content (AvgIpc) is 2.75. The van der Waals surface area contributed by atoms with Crippen molar-refractivity contribution in [1.82, 2.24) is 15.5 Å². The van der Waals surface area contributed by atoms with Gasteiger partial charge >= 0.3 is 6.09 Å². The molecule has 2 aromatic rings. The molecule has 0 heterocycles. The normalized spacial score (nSPS) is 15.4. The summed E-state index contributed by atoms with van der Waals surface area (Å²) in [6, 6.07) is 17.3. The van der Waals surface area contributed by atoms with Crippen LogP contribution in [0.4, 0.5) is 4.79 Å². The summed E-state index contributed by atoms with van der Waals surface area (Å²) < 4.78 is 5.32. The first-order valence-electron chi connectivity index (χ1n) is 11.8. The number of rotatable bonds is 8. The quantitative estimate of drug-likeness (QED) is 0.607. The third kappa shape index (κ3) is 6.83. The van der Waals surface area contributed by atoms with Gasteiger partial charge in [-0.15, -0.1) is 0 Å². The number of alkyl carbamates (subject to hydrolysis) is 1. The number of benzene rings is 2. The van der Waals surface area contributed by atoms with E-state index in [1.807, 2.05) is 60.7 Å². The van der Waals surface area contributed by atoms with Crippen molar-refractivity contribution in [3.8, 4) is 0 Å². The van der Waals surface area contributed by atoms with Gasteiger partial charge in [-0.25, -0.2) is 4.79 Å². The molecule has 1 saturated carbocycles. The monoisotopic (exact) mass is 465 g/mol. The van der Waals surface area contributed by atoms with Gasteiger partial charge in [-0.1, -0.05) is 60.7 Å². The molecule has 1 aliphatic rings. The van der Waals surface area contributed by atoms with Crippen molar-refractivity contribution < 1.29 is 19.1 Å². The highest BCUT2D eigenvalue weighted by atomic mass is 16.6. The van der Waals surface area contributed by atoms with Crippen LogP contribution in [0.2, 0.25) is 0 Å². The van der Waals surface area contributed by atoms with E-state index in [-0.39, 0.29) is 17.9 Å². The Bertz CT molecular complexity index is 968. The number of nitrogens with one attached hydrogen (secondary N) is 2. The minimum Gasteiger partial charge on any atom is -0.444 e. The summed E-state index contributed by atoms with van der Waals surface area (Å²) in [5.41, 5.74) is 1.03. The highest BCUT2D eigenvalue weighted by Crippen LogP contribution is 2.33. The number of carbonyl (C=O) groups is 3. The molecule has 0 saturated heterocycles. The summed E-state index contributed by atoms with van der Waals surface area (Å²) in [6.45, 7) is 7.29. The van der Waals surface area contributed by atoms with Crippen LogP contribution >= 0.6 is 0 Å². The minimum atomic E-state index is -0.844. The predicted octanol–water partition coefficient (Wildman–Crippen LogP) is 4.34. The minimum absolute atomic E-state index is 0.0666. The molecule has 2 aromatic carbocycles. The fraction of sp³-hybridized carbons (Fsp3) is 0.444. The van der Waals surface area contributed by atoms with Gasteiger partial charge in [0.25, 0.3) is 0 Å². The Morgan fingerprint density at radius 3 is 2.12 bits per heavy atom. The first kappa shape index (κ1) is 25.3. The van der Waals surface area contributed by atoms with Crippen molar-refractivity contribution in [3.05, 3.63) is 71.8 Å². The van der Waals surface area contributed by atoms with E-state index in [4.69, 9.17) is 4.74 Å². The Morgan fingerprint density at radius 2 is 1.59 bits per heavy atom. The van der Waals surface area contributed by atoms with Crippen molar-refractivity contribution in [1.29, 1.82) is 0 Å². The SMILES string of the molecule is CC(NC(=O)OC(C)(C)C)C(=O)N(C1CCC1)C(C(=O)NCc1ccccc1)c1ccccc1. The lowest BCUT2D eigenvalue weighted by atomic mass is 9.88. The van der Waals surface area contributed by atoms with Crippen molar-refractivity contribution in [2.75, 3.05) is 0 Å². The summed E-state index contributed by atoms with van der Waals surface area (Å²) >= 11 is 0. The number of ether oxygens (including phenoxy) is 1. The molecule has 34 heavy (non-hydrogen) atoms. The Hall–Kier alpha value is -3.35. The topological polar surface area (TPSA) is 87.7 Å². The van der Waals surface area contributed by atoms with Crippen LogP contribution in [-0.4, -0.2) is 40.5 Å². The lowest BCUT2D eigenvalue weighted by molar-refractivity contribution is -0.147. The Labute approximate surface area is 201 Å². The Balaban J connectivity index is 1.84. The Kier molecular flexibility index (Phi) is 8.31. The van der Waals surface area contributed by atoms with E-state index in [1.54, 1.807) is 32.6 Å². The van der Waals surface area contributed by atoms with E-state index < -0.39 is 23.8 Å². The molecule has 0 aromatic heterocycles. The van der Waals surface area contributed by atoms with Crippen molar-refractivity contribution in [2.45, 2.75) is 77.2 Å². The molecule has 0 bridgehead atoms. The van der Waals surface area contributed by atoms with Gasteiger partial charge in [0, 0.05) is 12.6 Å². The lowest BCUT2D eigenvalue weighted by Crippen LogP contribution is -2.56. The molecule has 2 unspecified atom stereocenters. The van der Waals surface area contributed by atoms with E-state index in [1.165, 1.54) is 0 Å². The first-order chi connectivity index (χ1) is 16.2. The van der Waals surface area contributed by atoms with Crippen LogP contribution in [0.25, 0.3) is 0 Å². The van der Waals surface area contributed by atoms with Crippen LogP contribution < -0.4 is 10.6 Å². The predicted molar refractivity (Wildman–Crippen MR) is 131 cm³/mol. The molecular formula is C27H35N3O4. The zero-order valence-corrected chi connectivity index (χ0v) is 20.4. The van der Waals surface area contributed by atoms with Crippen molar-refractivity contribution >= 4 is 17.9 Å². The van der Waals surface area contributed by atoms with Gasteiger partial charge in [-0.2, -0.15) is 0 Å². The van der Waals surface area contributed by atoms with E-state index in [0.29, 0.717) is 6.54 Å². The zero-order valence-electron chi connectivity index (χ0n) is 20.4. The number of nitrogens with zero attached hydrogens (tertiary/aromatic N) is 1. The van der Waals surface area contributed by atoms with Crippen LogP contribution in [0.15, 0.2) is 60.7 Å². The van der Waals surface area contributed by atoms with Gasteiger partial charge in [0.1, 0.15) is 17.7 Å². The molecule has 1 fully saturated rings. The van der Waals surface area contributed by atoms with E-state index in [9.17, 15) is 14.4 Å². The third-order valence-electron chi connectivity index (χ3n) is 5.78. The fourth-order valence-corrected chi connectivity index (χ4v) is 3.91.